The maximum atomic E-state index is 5.51. The summed E-state index contributed by atoms with van der Waals surface area (Å²) in [6, 6.07) is 0. The molecule has 2 heterocycles. The minimum Gasteiger partial charge on any atom is -0.381 e. The highest BCUT2D eigenvalue weighted by molar-refractivity contribution is 8.13. The smallest absolute Gasteiger partial charge is 0.156 e. The number of amidine groups is 1. The lowest BCUT2D eigenvalue weighted by Gasteiger charge is -2.31. The van der Waals surface area contributed by atoms with Gasteiger partial charge in [-0.1, -0.05) is 24.6 Å². The molecule has 102 valence electrons. The zero-order valence-electron chi connectivity index (χ0n) is 11.1. The van der Waals surface area contributed by atoms with Crippen molar-refractivity contribution in [2.45, 2.75) is 38.5 Å². The molecule has 1 unspecified atom stereocenters. The van der Waals surface area contributed by atoms with Crippen LogP contribution in [-0.4, -0.2) is 37.2 Å². The molecule has 0 aromatic carbocycles. The molecule has 0 bridgehead atoms. The summed E-state index contributed by atoms with van der Waals surface area (Å²) in [7, 11) is 0. The van der Waals surface area contributed by atoms with Crippen molar-refractivity contribution >= 4 is 16.9 Å². The third-order valence-electron chi connectivity index (χ3n) is 4.53. The Kier molecular flexibility index (Phi) is 4.14. The summed E-state index contributed by atoms with van der Waals surface area (Å²) in [5.74, 6) is 1.96. The van der Waals surface area contributed by atoms with Crippen LogP contribution in [0.1, 0.15) is 38.5 Å². The molecule has 3 nitrogen and oxygen atoms in total. The fourth-order valence-corrected chi connectivity index (χ4v) is 4.45. The van der Waals surface area contributed by atoms with E-state index in [1.807, 2.05) is 11.8 Å². The van der Waals surface area contributed by atoms with Gasteiger partial charge in [0.2, 0.25) is 0 Å². The second-order valence-electron chi connectivity index (χ2n) is 6.08. The molecule has 1 aliphatic carbocycles. The zero-order valence-corrected chi connectivity index (χ0v) is 11.9. The van der Waals surface area contributed by atoms with E-state index in [1.54, 1.807) is 0 Å². The maximum Gasteiger partial charge on any atom is 0.156 e. The van der Waals surface area contributed by atoms with Crippen molar-refractivity contribution in [1.29, 1.82) is 0 Å². The first kappa shape index (κ1) is 12.8. The molecule has 0 amide bonds. The predicted molar refractivity (Wildman–Crippen MR) is 77.2 cm³/mol. The van der Waals surface area contributed by atoms with Crippen molar-refractivity contribution in [1.82, 2.24) is 5.32 Å². The van der Waals surface area contributed by atoms with Crippen LogP contribution < -0.4 is 5.32 Å². The number of nitrogens with one attached hydrogen (secondary N) is 1. The van der Waals surface area contributed by atoms with Gasteiger partial charge in [0.25, 0.3) is 0 Å². The monoisotopic (exact) mass is 268 g/mol. The largest absolute Gasteiger partial charge is 0.381 e. The Morgan fingerprint density at radius 2 is 2.22 bits per heavy atom. The van der Waals surface area contributed by atoms with Gasteiger partial charge in [-0.05, 0) is 37.0 Å². The lowest BCUT2D eigenvalue weighted by atomic mass is 9.89. The van der Waals surface area contributed by atoms with Gasteiger partial charge in [0.1, 0.15) is 0 Å². The molecule has 1 saturated carbocycles. The summed E-state index contributed by atoms with van der Waals surface area (Å²) in [5.41, 5.74) is 0.559. The van der Waals surface area contributed by atoms with Crippen molar-refractivity contribution < 1.29 is 4.74 Å². The summed E-state index contributed by atoms with van der Waals surface area (Å²) in [5, 5.41) is 4.71. The topological polar surface area (TPSA) is 33.6 Å². The second-order valence-corrected chi connectivity index (χ2v) is 7.05. The number of hydrogen-bond acceptors (Lipinski definition) is 4. The standard InChI is InChI=1S/C14H24N2OS/c1-2-6-14(5-1)10-16-13(18-11-14)15-8-12-4-3-7-17-9-12/h12H,1-11H2,(H,15,16). The molecule has 1 N–H and O–H groups in total. The van der Waals surface area contributed by atoms with Crippen molar-refractivity contribution in [2.24, 2.45) is 16.3 Å². The van der Waals surface area contributed by atoms with E-state index in [9.17, 15) is 0 Å². The van der Waals surface area contributed by atoms with E-state index in [-0.39, 0.29) is 0 Å². The third-order valence-corrected chi connectivity index (χ3v) is 5.84. The van der Waals surface area contributed by atoms with E-state index in [1.165, 1.54) is 49.4 Å². The minimum atomic E-state index is 0.559. The molecule has 1 saturated heterocycles. The Bertz CT molecular complexity index is 307. The van der Waals surface area contributed by atoms with Gasteiger partial charge in [-0.2, -0.15) is 0 Å². The number of hydrogen-bond donors (Lipinski definition) is 1. The van der Waals surface area contributed by atoms with Gasteiger partial charge in [-0.25, -0.2) is 0 Å². The molecule has 0 aromatic heterocycles. The first-order valence-electron chi connectivity index (χ1n) is 7.35. The van der Waals surface area contributed by atoms with Crippen LogP contribution in [0.5, 0.6) is 0 Å². The van der Waals surface area contributed by atoms with E-state index < -0.39 is 0 Å². The van der Waals surface area contributed by atoms with Gasteiger partial charge in [0, 0.05) is 25.4 Å². The summed E-state index contributed by atoms with van der Waals surface area (Å²) >= 11 is 1.95. The van der Waals surface area contributed by atoms with Crippen LogP contribution in [0.15, 0.2) is 4.99 Å². The Morgan fingerprint density at radius 3 is 2.89 bits per heavy atom. The SMILES string of the molecule is C1COCC(CNC2=NCC3(CCCC3)CS2)C1. The molecular formula is C14H24N2OS. The van der Waals surface area contributed by atoms with Crippen molar-refractivity contribution in [3.05, 3.63) is 0 Å². The fraction of sp³-hybridized carbons (Fsp3) is 0.929. The molecule has 3 rings (SSSR count). The van der Waals surface area contributed by atoms with E-state index in [4.69, 9.17) is 9.73 Å². The summed E-state index contributed by atoms with van der Waals surface area (Å²) < 4.78 is 5.51. The number of aliphatic imine (C=N–C) groups is 1. The quantitative estimate of drug-likeness (QED) is 0.836. The molecule has 18 heavy (non-hydrogen) atoms. The normalized spacial score (nSPS) is 31.3. The van der Waals surface area contributed by atoms with Crippen molar-refractivity contribution in [2.75, 3.05) is 32.1 Å². The van der Waals surface area contributed by atoms with Gasteiger partial charge in [-0.15, -0.1) is 0 Å². The van der Waals surface area contributed by atoms with Crippen LogP contribution >= 0.6 is 11.8 Å². The number of thioether (sulfide) groups is 1. The maximum absolute atomic E-state index is 5.51. The van der Waals surface area contributed by atoms with E-state index >= 15 is 0 Å². The number of nitrogens with zero attached hydrogens (tertiary/aromatic N) is 1. The van der Waals surface area contributed by atoms with Gasteiger partial charge in [-0.3, -0.25) is 4.99 Å². The first-order valence-corrected chi connectivity index (χ1v) is 8.34. The second kappa shape index (κ2) is 5.83. The van der Waals surface area contributed by atoms with Gasteiger partial charge in [0.15, 0.2) is 5.17 Å². The molecule has 2 fully saturated rings. The Morgan fingerprint density at radius 1 is 1.33 bits per heavy atom. The highest BCUT2D eigenvalue weighted by atomic mass is 32.2. The molecule has 0 radical (unpaired) electrons. The average Bonchev–Trinajstić information content (AvgIpc) is 2.88. The summed E-state index contributed by atoms with van der Waals surface area (Å²) in [6.07, 6.45) is 8.14. The van der Waals surface area contributed by atoms with Crippen LogP contribution in [0, 0.1) is 11.3 Å². The lowest BCUT2D eigenvalue weighted by molar-refractivity contribution is 0.0565. The van der Waals surface area contributed by atoms with Gasteiger partial charge >= 0.3 is 0 Å². The van der Waals surface area contributed by atoms with E-state index in [0.29, 0.717) is 11.3 Å². The molecule has 1 atom stereocenters. The summed E-state index contributed by atoms with van der Waals surface area (Å²) in [6.45, 7) is 3.98. The van der Waals surface area contributed by atoms with Crippen molar-refractivity contribution in [3.8, 4) is 0 Å². The first-order chi connectivity index (χ1) is 8.86. The predicted octanol–water partition coefficient (Wildman–Crippen LogP) is 2.67. The van der Waals surface area contributed by atoms with E-state index in [2.05, 4.69) is 5.32 Å². The zero-order chi connectivity index (χ0) is 12.3. The molecular weight excluding hydrogens is 244 g/mol. The van der Waals surface area contributed by atoms with Gasteiger partial charge in [0.05, 0.1) is 6.61 Å². The van der Waals surface area contributed by atoms with Crippen LogP contribution in [0.4, 0.5) is 0 Å². The number of rotatable bonds is 2. The molecule has 2 aliphatic heterocycles. The minimum absolute atomic E-state index is 0.559. The molecule has 1 spiro atoms. The van der Waals surface area contributed by atoms with Crippen molar-refractivity contribution in [3.63, 3.8) is 0 Å². The van der Waals surface area contributed by atoms with Crippen LogP contribution in [0.3, 0.4) is 0 Å². The molecule has 0 aromatic rings. The van der Waals surface area contributed by atoms with Gasteiger partial charge < -0.3 is 10.1 Å². The fourth-order valence-electron chi connectivity index (χ4n) is 3.29. The van der Waals surface area contributed by atoms with E-state index in [0.717, 1.165) is 26.3 Å². The Labute approximate surface area is 114 Å². The molecule has 3 aliphatic rings. The Hall–Kier alpha value is -0.220. The number of ether oxygens (including phenoxy) is 1. The average molecular weight is 268 g/mol. The Balaban J connectivity index is 1.45. The highest BCUT2D eigenvalue weighted by Crippen LogP contribution is 2.43. The highest BCUT2D eigenvalue weighted by Gasteiger charge is 2.36. The summed E-state index contributed by atoms with van der Waals surface area (Å²) in [4.78, 5) is 4.78. The molecule has 4 heteroatoms. The van der Waals surface area contributed by atoms with Crippen LogP contribution in [0.25, 0.3) is 0 Å². The third kappa shape index (κ3) is 3.02. The van der Waals surface area contributed by atoms with Crippen LogP contribution in [0.2, 0.25) is 0 Å². The lowest BCUT2D eigenvalue weighted by Crippen LogP contribution is -2.36. The van der Waals surface area contributed by atoms with Crippen LogP contribution in [-0.2, 0) is 4.74 Å².